The molecule has 2 rings (SSSR count). The summed E-state index contributed by atoms with van der Waals surface area (Å²) in [5, 5.41) is 0. The fraction of sp³-hybridized carbons (Fsp3) is 0.438. The molecule has 1 aromatic rings. The molecule has 0 atom stereocenters. The predicted molar refractivity (Wildman–Crippen MR) is 71.7 cm³/mol. The van der Waals surface area contributed by atoms with Gasteiger partial charge in [0.05, 0.1) is 0 Å². The normalized spacial score (nSPS) is 15.4. The molecule has 0 aromatic heterocycles. The predicted octanol–water partition coefficient (Wildman–Crippen LogP) is 4.66. The first-order chi connectivity index (χ1) is 9.13. The molecule has 0 N–H and O–H groups in total. The molecule has 0 aliphatic heterocycles. The standard InChI is InChI=1S/C16H18F2O/c1-2-3-4-5-11-7-9-15(19)16(11)12-6-8-13(17)14(18)10-12/h6,8,10H,2-5,7,9H2,1H3. The Hall–Kier alpha value is -1.51. The van der Waals surface area contributed by atoms with E-state index in [1.54, 1.807) is 0 Å². The van der Waals surface area contributed by atoms with E-state index in [2.05, 4.69) is 6.92 Å². The lowest BCUT2D eigenvalue weighted by molar-refractivity contribution is -0.113. The monoisotopic (exact) mass is 264 g/mol. The van der Waals surface area contributed by atoms with Gasteiger partial charge in [-0.05, 0) is 37.0 Å². The van der Waals surface area contributed by atoms with Crippen LogP contribution in [-0.2, 0) is 4.79 Å². The van der Waals surface area contributed by atoms with Gasteiger partial charge in [0.1, 0.15) is 0 Å². The molecule has 3 heteroatoms. The Labute approximate surface area is 112 Å². The van der Waals surface area contributed by atoms with Crippen LogP contribution < -0.4 is 0 Å². The number of Topliss-reactive ketones (excluding diaryl/α,β-unsaturated/α-hetero) is 1. The molecule has 0 spiro atoms. The quantitative estimate of drug-likeness (QED) is 0.707. The number of unbranched alkanes of at least 4 members (excludes halogenated alkanes) is 2. The van der Waals surface area contributed by atoms with E-state index >= 15 is 0 Å². The van der Waals surface area contributed by atoms with E-state index in [-0.39, 0.29) is 5.78 Å². The summed E-state index contributed by atoms with van der Waals surface area (Å²) in [5.41, 5.74) is 2.24. The average molecular weight is 264 g/mol. The van der Waals surface area contributed by atoms with Crippen molar-refractivity contribution in [1.82, 2.24) is 0 Å². The number of rotatable bonds is 5. The van der Waals surface area contributed by atoms with Gasteiger partial charge < -0.3 is 0 Å². The molecule has 1 aliphatic carbocycles. The van der Waals surface area contributed by atoms with Crippen molar-refractivity contribution >= 4 is 11.4 Å². The van der Waals surface area contributed by atoms with Gasteiger partial charge in [-0.15, -0.1) is 0 Å². The minimum atomic E-state index is -0.891. The highest BCUT2D eigenvalue weighted by atomic mass is 19.2. The fourth-order valence-corrected chi connectivity index (χ4v) is 2.57. The van der Waals surface area contributed by atoms with E-state index in [0.29, 0.717) is 17.6 Å². The number of carbonyl (C=O) groups is 1. The molecule has 0 bridgehead atoms. The SMILES string of the molecule is CCCCCC1=C(c2ccc(F)c(F)c2)C(=O)CC1. The molecule has 0 saturated heterocycles. The summed E-state index contributed by atoms with van der Waals surface area (Å²) < 4.78 is 26.2. The van der Waals surface area contributed by atoms with E-state index in [0.717, 1.165) is 49.8 Å². The van der Waals surface area contributed by atoms with Crippen LogP contribution in [0.5, 0.6) is 0 Å². The maximum Gasteiger partial charge on any atom is 0.163 e. The van der Waals surface area contributed by atoms with Gasteiger partial charge in [-0.25, -0.2) is 8.78 Å². The maximum atomic E-state index is 13.3. The zero-order valence-electron chi connectivity index (χ0n) is 11.1. The van der Waals surface area contributed by atoms with Crippen molar-refractivity contribution in [2.45, 2.75) is 45.4 Å². The van der Waals surface area contributed by atoms with Crippen LogP contribution in [0.2, 0.25) is 0 Å². The van der Waals surface area contributed by atoms with Crippen LogP contribution in [0.4, 0.5) is 8.78 Å². The third kappa shape index (κ3) is 3.09. The lowest BCUT2D eigenvalue weighted by Gasteiger charge is -2.07. The van der Waals surface area contributed by atoms with E-state index in [9.17, 15) is 13.6 Å². The highest BCUT2D eigenvalue weighted by molar-refractivity contribution is 6.23. The van der Waals surface area contributed by atoms with Gasteiger partial charge in [-0.3, -0.25) is 4.79 Å². The van der Waals surface area contributed by atoms with Crippen LogP contribution in [0.25, 0.3) is 5.57 Å². The molecule has 0 amide bonds. The van der Waals surface area contributed by atoms with Crippen molar-refractivity contribution in [3.8, 4) is 0 Å². The minimum Gasteiger partial charge on any atom is -0.294 e. The number of benzene rings is 1. The largest absolute Gasteiger partial charge is 0.294 e. The van der Waals surface area contributed by atoms with Crippen molar-refractivity contribution in [1.29, 1.82) is 0 Å². The van der Waals surface area contributed by atoms with Crippen LogP contribution in [0.3, 0.4) is 0 Å². The Morgan fingerprint density at radius 2 is 1.89 bits per heavy atom. The zero-order valence-corrected chi connectivity index (χ0v) is 11.1. The Morgan fingerprint density at radius 1 is 1.11 bits per heavy atom. The smallest absolute Gasteiger partial charge is 0.163 e. The van der Waals surface area contributed by atoms with E-state index < -0.39 is 11.6 Å². The summed E-state index contributed by atoms with van der Waals surface area (Å²) >= 11 is 0. The molecule has 1 aromatic carbocycles. The van der Waals surface area contributed by atoms with Crippen LogP contribution in [0.1, 0.15) is 51.0 Å². The van der Waals surface area contributed by atoms with Crippen LogP contribution in [0.15, 0.2) is 23.8 Å². The molecule has 1 nitrogen and oxygen atoms in total. The minimum absolute atomic E-state index is 0.0532. The zero-order chi connectivity index (χ0) is 13.8. The van der Waals surface area contributed by atoms with Crippen molar-refractivity contribution < 1.29 is 13.6 Å². The van der Waals surface area contributed by atoms with Crippen LogP contribution in [-0.4, -0.2) is 5.78 Å². The molecule has 0 saturated carbocycles. The van der Waals surface area contributed by atoms with Gasteiger partial charge in [-0.2, -0.15) is 0 Å². The summed E-state index contributed by atoms with van der Waals surface area (Å²) in [6.07, 6.45) is 5.44. The number of carbonyl (C=O) groups excluding carboxylic acids is 1. The lowest BCUT2D eigenvalue weighted by atomic mass is 9.98. The van der Waals surface area contributed by atoms with Crippen molar-refractivity contribution in [3.05, 3.63) is 41.0 Å². The third-order valence-corrected chi connectivity index (χ3v) is 3.58. The summed E-state index contributed by atoms with van der Waals surface area (Å²) in [5.74, 6) is -1.71. The molecule has 0 unspecified atom stereocenters. The molecule has 102 valence electrons. The first-order valence-corrected chi connectivity index (χ1v) is 6.84. The van der Waals surface area contributed by atoms with Gasteiger partial charge in [0, 0.05) is 12.0 Å². The molecule has 19 heavy (non-hydrogen) atoms. The summed E-state index contributed by atoms with van der Waals surface area (Å²) in [7, 11) is 0. The Bertz CT molecular complexity index is 517. The number of ketones is 1. The van der Waals surface area contributed by atoms with Gasteiger partial charge in [0.2, 0.25) is 0 Å². The Balaban J connectivity index is 2.28. The Morgan fingerprint density at radius 3 is 2.58 bits per heavy atom. The van der Waals surface area contributed by atoms with E-state index in [1.807, 2.05) is 0 Å². The second-order valence-electron chi connectivity index (χ2n) is 4.99. The van der Waals surface area contributed by atoms with Crippen LogP contribution >= 0.6 is 0 Å². The fourth-order valence-electron chi connectivity index (χ4n) is 2.57. The van der Waals surface area contributed by atoms with Gasteiger partial charge >= 0.3 is 0 Å². The van der Waals surface area contributed by atoms with Crippen molar-refractivity contribution in [2.75, 3.05) is 0 Å². The van der Waals surface area contributed by atoms with Crippen LogP contribution in [0, 0.1) is 11.6 Å². The highest BCUT2D eigenvalue weighted by Crippen LogP contribution is 2.34. The Kier molecular flexibility index (Phi) is 4.46. The first-order valence-electron chi connectivity index (χ1n) is 6.84. The molecule has 0 fully saturated rings. The molecule has 1 aliphatic rings. The first kappa shape index (κ1) is 13.9. The molecule has 0 heterocycles. The second-order valence-corrected chi connectivity index (χ2v) is 4.99. The molecule has 0 radical (unpaired) electrons. The topological polar surface area (TPSA) is 17.1 Å². The van der Waals surface area contributed by atoms with E-state index in [4.69, 9.17) is 0 Å². The van der Waals surface area contributed by atoms with E-state index in [1.165, 1.54) is 6.07 Å². The average Bonchev–Trinajstić information content (AvgIpc) is 2.75. The van der Waals surface area contributed by atoms with Gasteiger partial charge in [0.25, 0.3) is 0 Å². The molecular weight excluding hydrogens is 246 g/mol. The number of hydrogen-bond donors (Lipinski definition) is 0. The summed E-state index contributed by atoms with van der Waals surface area (Å²) in [6, 6.07) is 3.72. The van der Waals surface area contributed by atoms with Gasteiger partial charge in [-0.1, -0.05) is 31.4 Å². The van der Waals surface area contributed by atoms with Gasteiger partial charge in [0.15, 0.2) is 17.4 Å². The maximum absolute atomic E-state index is 13.3. The van der Waals surface area contributed by atoms with Crippen molar-refractivity contribution in [2.24, 2.45) is 0 Å². The summed E-state index contributed by atoms with van der Waals surface area (Å²) in [6.45, 7) is 2.13. The highest BCUT2D eigenvalue weighted by Gasteiger charge is 2.24. The number of halogens is 2. The van der Waals surface area contributed by atoms with Crippen molar-refractivity contribution in [3.63, 3.8) is 0 Å². The molecular formula is C16H18F2O. The summed E-state index contributed by atoms with van der Waals surface area (Å²) in [4.78, 5) is 11.9. The number of hydrogen-bond acceptors (Lipinski definition) is 1. The third-order valence-electron chi connectivity index (χ3n) is 3.58. The second kappa shape index (κ2) is 6.09. The lowest BCUT2D eigenvalue weighted by Crippen LogP contribution is -1.98. The number of allylic oxidation sites excluding steroid dienone is 2.